The number of nitrogens with zero attached hydrogens (tertiary/aromatic N) is 2. The zero-order valence-electron chi connectivity index (χ0n) is 15.0. The van der Waals surface area contributed by atoms with Crippen LogP contribution in [0.15, 0.2) is 30.3 Å². The molecule has 1 aromatic rings. The SMILES string of the molecule is CC(C)CN(CC1CN(CC(C)O)CCO1)C(=O)c1ccccc1. The fourth-order valence-electron chi connectivity index (χ4n) is 3.12. The standard InChI is InChI=1S/C19H30N2O3/c1-15(2)11-21(19(23)17-7-5-4-6-8-17)14-18-13-20(9-10-24-18)12-16(3)22/h4-8,15-16,18,22H,9-14H2,1-3H3. The van der Waals surface area contributed by atoms with Gasteiger partial charge in [0.25, 0.3) is 5.91 Å². The molecule has 0 aliphatic carbocycles. The van der Waals surface area contributed by atoms with E-state index in [0.29, 0.717) is 32.2 Å². The van der Waals surface area contributed by atoms with Crippen LogP contribution in [-0.4, -0.2) is 72.4 Å². The van der Waals surface area contributed by atoms with Gasteiger partial charge in [-0.1, -0.05) is 32.0 Å². The van der Waals surface area contributed by atoms with Crippen molar-refractivity contribution in [3.8, 4) is 0 Å². The number of carbonyl (C=O) groups is 1. The van der Waals surface area contributed by atoms with E-state index in [-0.39, 0.29) is 18.1 Å². The summed E-state index contributed by atoms with van der Waals surface area (Å²) in [5.41, 5.74) is 0.717. The number of hydrogen-bond donors (Lipinski definition) is 1. The van der Waals surface area contributed by atoms with Crippen LogP contribution in [0.1, 0.15) is 31.1 Å². The molecule has 0 radical (unpaired) electrons. The number of aliphatic hydroxyl groups excluding tert-OH is 1. The van der Waals surface area contributed by atoms with Crippen LogP contribution >= 0.6 is 0 Å². The molecule has 0 bridgehead atoms. The molecule has 0 aromatic heterocycles. The van der Waals surface area contributed by atoms with E-state index >= 15 is 0 Å². The topological polar surface area (TPSA) is 53.0 Å². The Hall–Kier alpha value is -1.43. The lowest BCUT2D eigenvalue weighted by Crippen LogP contribution is -2.50. The molecular formula is C19H30N2O3. The number of β-amino-alcohol motifs (C(OH)–C–C–N with tert-alkyl or cyclic N) is 1. The van der Waals surface area contributed by atoms with E-state index in [1.54, 1.807) is 6.92 Å². The van der Waals surface area contributed by atoms with Crippen LogP contribution in [0.2, 0.25) is 0 Å². The van der Waals surface area contributed by atoms with Crippen molar-refractivity contribution in [2.45, 2.75) is 33.0 Å². The number of hydrogen-bond acceptors (Lipinski definition) is 4. The first-order valence-electron chi connectivity index (χ1n) is 8.82. The second-order valence-electron chi connectivity index (χ2n) is 7.07. The van der Waals surface area contributed by atoms with Crippen molar-refractivity contribution in [1.29, 1.82) is 0 Å². The van der Waals surface area contributed by atoms with Crippen molar-refractivity contribution in [3.05, 3.63) is 35.9 Å². The number of benzene rings is 1. The fourth-order valence-corrected chi connectivity index (χ4v) is 3.12. The molecule has 5 nitrogen and oxygen atoms in total. The molecular weight excluding hydrogens is 304 g/mol. The summed E-state index contributed by atoms with van der Waals surface area (Å²) < 4.78 is 5.87. The number of amides is 1. The maximum absolute atomic E-state index is 12.8. The van der Waals surface area contributed by atoms with Crippen LogP contribution in [-0.2, 0) is 4.74 Å². The van der Waals surface area contributed by atoms with Gasteiger partial charge in [0.1, 0.15) is 0 Å². The molecule has 1 N–H and O–H groups in total. The Morgan fingerprint density at radius 3 is 2.67 bits per heavy atom. The highest BCUT2D eigenvalue weighted by Crippen LogP contribution is 2.13. The Labute approximate surface area is 145 Å². The minimum atomic E-state index is -0.346. The van der Waals surface area contributed by atoms with Crippen LogP contribution < -0.4 is 0 Å². The number of aliphatic hydroxyl groups is 1. The molecule has 5 heteroatoms. The maximum Gasteiger partial charge on any atom is 0.253 e. The van der Waals surface area contributed by atoms with Gasteiger partial charge in [0, 0.05) is 38.3 Å². The summed E-state index contributed by atoms with van der Waals surface area (Å²) in [6.07, 6.45) is -0.356. The normalized spacial score (nSPS) is 20.1. The zero-order chi connectivity index (χ0) is 17.5. The van der Waals surface area contributed by atoms with Gasteiger partial charge in [-0.25, -0.2) is 0 Å². The molecule has 24 heavy (non-hydrogen) atoms. The highest BCUT2D eigenvalue weighted by Gasteiger charge is 2.26. The minimum absolute atomic E-state index is 0.0103. The van der Waals surface area contributed by atoms with Gasteiger partial charge in [-0.05, 0) is 25.0 Å². The Morgan fingerprint density at radius 1 is 1.33 bits per heavy atom. The second-order valence-corrected chi connectivity index (χ2v) is 7.07. The lowest BCUT2D eigenvalue weighted by Gasteiger charge is -2.36. The average molecular weight is 334 g/mol. The smallest absolute Gasteiger partial charge is 0.253 e. The summed E-state index contributed by atoms with van der Waals surface area (Å²) in [6.45, 7) is 10.2. The van der Waals surface area contributed by atoms with Gasteiger partial charge >= 0.3 is 0 Å². The van der Waals surface area contributed by atoms with Crippen molar-refractivity contribution in [2.75, 3.05) is 39.3 Å². The molecule has 1 aromatic carbocycles. The molecule has 1 heterocycles. The van der Waals surface area contributed by atoms with Gasteiger partial charge in [0.15, 0.2) is 0 Å². The number of ether oxygens (including phenoxy) is 1. The fraction of sp³-hybridized carbons (Fsp3) is 0.632. The second kappa shape index (κ2) is 9.16. The third kappa shape index (κ3) is 5.89. The van der Waals surface area contributed by atoms with Crippen LogP contribution in [0.5, 0.6) is 0 Å². The van der Waals surface area contributed by atoms with E-state index in [1.165, 1.54) is 0 Å². The van der Waals surface area contributed by atoms with Crippen LogP contribution in [0.25, 0.3) is 0 Å². The first-order valence-corrected chi connectivity index (χ1v) is 8.82. The predicted octanol–water partition coefficient (Wildman–Crippen LogP) is 1.87. The van der Waals surface area contributed by atoms with E-state index in [2.05, 4.69) is 18.7 Å². The molecule has 1 amide bonds. The Morgan fingerprint density at radius 2 is 2.04 bits per heavy atom. The summed E-state index contributed by atoms with van der Waals surface area (Å²) in [4.78, 5) is 16.9. The molecule has 1 saturated heterocycles. The number of rotatable bonds is 7. The van der Waals surface area contributed by atoms with Gasteiger partial charge in [-0.2, -0.15) is 0 Å². The third-order valence-corrected chi connectivity index (χ3v) is 4.06. The van der Waals surface area contributed by atoms with E-state index < -0.39 is 0 Å². The van der Waals surface area contributed by atoms with Gasteiger partial charge in [-0.3, -0.25) is 9.69 Å². The van der Waals surface area contributed by atoms with E-state index in [9.17, 15) is 9.90 Å². The van der Waals surface area contributed by atoms with Crippen molar-refractivity contribution in [3.63, 3.8) is 0 Å². The van der Waals surface area contributed by atoms with E-state index in [0.717, 1.165) is 18.7 Å². The van der Waals surface area contributed by atoms with E-state index in [4.69, 9.17) is 4.74 Å². The molecule has 2 unspecified atom stereocenters. The van der Waals surface area contributed by atoms with Gasteiger partial charge in [-0.15, -0.1) is 0 Å². The summed E-state index contributed by atoms with van der Waals surface area (Å²) in [5, 5.41) is 9.58. The molecule has 1 aliphatic heterocycles. The van der Waals surface area contributed by atoms with Crippen LogP contribution in [0.4, 0.5) is 0 Å². The lowest BCUT2D eigenvalue weighted by molar-refractivity contribution is -0.0498. The van der Waals surface area contributed by atoms with Gasteiger partial charge in [0.2, 0.25) is 0 Å². The first kappa shape index (κ1) is 18.9. The van der Waals surface area contributed by atoms with E-state index in [1.807, 2.05) is 35.2 Å². The Bertz CT molecular complexity index is 505. The molecule has 2 rings (SSSR count). The highest BCUT2D eigenvalue weighted by atomic mass is 16.5. The number of carbonyl (C=O) groups excluding carboxylic acids is 1. The summed E-state index contributed by atoms with van der Waals surface area (Å²) in [6, 6.07) is 9.42. The Balaban J connectivity index is 2.01. The molecule has 1 fully saturated rings. The van der Waals surface area contributed by atoms with Crippen LogP contribution in [0.3, 0.4) is 0 Å². The quantitative estimate of drug-likeness (QED) is 0.827. The Kier molecular flexibility index (Phi) is 7.21. The highest BCUT2D eigenvalue weighted by molar-refractivity contribution is 5.94. The average Bonchev–Trinajstić information content (AvgIpc) is 2.53. The van der Waals surface area contributed by atoms with Crippen molar-refractivity contribution in [2.24, 2.45) is 5.92 Å². The monoisotopic (exact) mass is 334 g/mol. The summed E-state index contributed by atoms with van der Waals surface area (Å²) >= 11 is 0. The van der Waals surface area contributed by atoms with Crippen molar-refractivity contribution < 1.29 is 14.6 Å². The molecule has 0 spiro atoms. The summed E-state index contributed by atoms with van der Waals surface area (Å²) in [5.74, 6) is 0.454. The van der Waals surface area contributed by atoms with Gasteiger partial charge in [0.05, 0.1) is 18.8 Å². The van der Waals surface area contributed by atoms with Crippen molar-refractivity contribution in [1.82, 2.24) is 9.80 Å². The summed E-state index contributed by atoms with van der Waals surface area (Å²) in [7, 11) is 0. The lowest BCUT2D eigenvalue weighted by atomic mass is 10.1. The number of morpholine rings is 1. The zero-order valence-corrected chi connectivity index (χ0v) is 15.0. The third-order valence-electron chi connectivity index (χ3n) is 4.06. The molecule has 2 atom stereocenters. The maximum atomic E-state index is 12.8. The van der Waals surface area contributed by atoms with Crippen LogP contribution in [0, 0.1) is 5.92 Å². The minimum Gasteiger partial charge on any atom is -0.392 e. The molecule has 0 saturated carbocycles. The molecule has 1 aliphatic rings. The van der Waals surface area contributed by atoms with Gasteiger partial charge < -0.3 is 14.7 Å². The van der Waals surface area contributed by atoms with Crippen molar-refractivity contribution >= 4 is 5.91 Å². The first-order chi connectivity index (χ1) is 11.5. The predicted molar refractivity (Wildman–Crippen MR) is 95.0 cm³/mol. The molecule has 134 valence electrons. The largest absolute Gasteiger partial charge is 0.392 e.